The van der Waals surface area contributed by atoms with Crippen molar-refractivity contribution in [3.8, 4) is 11.5 Å². The Kier molecular flexibility index (Phi) is 5.39. The number of nitrogens with zero attached hydrogens (tertiary/aromatic N) is 1. The Bertz CT molecular complexity index is 572. The highest BCUT2D eigenvalue weighted by atomic mass is 35.5. The predicted molar refractivity (Wildman–Crippen MR) is 82.5 cm³/mol. The summed E-state index contributed by atoms with van der Waals surface area (Å²) >= 11 is 6.27. The van der Waals surface area contributed by atoms with Gasteiger partial charge in [0.05, 0.1) is 10.7 Å². The molecule has 20 heavy (non-hydrogen) atoms. The van der Waals surface area contributed by atoms with E-state index in [1.165, 1.54) is 0 Å². The lowest BCUT2D eigenvalue weighted by atomic mass is 10.2. The van der Waals surface area contributed by atoms with Crippen LogP contribution in [0.2, 0.25) is 5.02 Å². The monoisotopic (exact) mass is 290 g/mol. The molecule has 0 aliphatic heterocycles. The number of halogens is 1. The van der Waals surface area contributed by atoms with E-state index in [4.69, 9.17) is 16.3 Å². The molecule has 0 bridgehead atoms. The summed E-state index contributed by atoms with van der Waals surface area (Å²) < 4.78 is 5.81. The average molecular weight is 291 g/mol. The van der Waals surface area contributed by atoms with Crippen molar-refractivity contribution in [1.29, 1.82) is 0 Å². The Labute approximate surface area is 124 Å². The minimum atomic E-state index is 0.615. The Hall–Kier alpha value is -1.58. The number of hydrogen-bond donors (Lipinski definition) is 1. The van der Waals surface area contributed by atoms with Gasteiger partial charge in [0.1, 0.15) is 11.5 Å². The van der Waals surface area contributed by atoms with Crippen LogP contribution in [-0.2, 0) is 6.54 Å². The van der Waals surface area contributed by atoms with Crippen molar-refractivity contribution in [2.45, 2.75) is 26.8 Å². The van der Waals surface area contributed by atoms with Crippen LogP contribution in [0.25, 0.3) is 0 Å². The third-order valence-electron chi connectivity index (χ3n) is 2.93. The third-order valence-corrected chi connectivity index (χ3v) is 3.23. The molecule has 0 amide bonds. The predicted octanol–water partition coefficient (Wildman–Crippen LogP) is 4.34. The van der Waals surface area contributed by atoms with E-state index in [0.717, 1.165) is 36.5 Å². The standard InChI is InChI=1S/C16H19ClN2O/c1-3-8-18-11-13-6-7-16(14(17)10-13)20-15-5-4-9-19-12(15)2/h4-7,9-10,18H,3,8,11H2,1-2H3. The fourth-order valence-electron chi connectivity index (χ4n) is 1.84. The minimum absolute atomic E-state index is 0.615. The summed E-state index contributed by atoms with van der Waals surface area (Å²) in [6.07, 6.45) is 2.86. The lowest BCUT2D eigenvalue weighted by Crippen LogP contribution is -2.13. The van der Waals surface area contributed by atoms with E-state index in [-0.39, 0.29) is 0 Å². The van der Waals surface area contributed by atoms with Gasteiger partial charge >= 0.3 is 0 Å². The number of rotatable bonds is 6. The zero-order valence-electron chi connectivity index (χ0n) is 11.8. The Balaban J connectivity index is 2.08. The number of ether oxygens (including phenoxy) is 1. The molecule has 1 N–H and O–H groups in total. The number of aryl methyl sites for hydroxylation is 1. The smallest absolute Gasteiger partial charge is 0.148 e. The third kappa shape index (κ3) is 3.95. The molecular weight excluding hydrogens is 272 g/mol. The van der Waals surface area contributed by atoms with E-state index in [2.05, 4.69) is 17.2 Å². The SMILES string of the molecule is CCCNCc1ccc(Oc2cccnc2C)c(Cl)c1. The molecule has 0 fully saturated rings. The van der Waals surface area contributed by atoms with Gasteiger partial charge in [-0.3, -0.25) is 4.98 Å². The van der Waals surface area contributed by atoms with Crippen LogP contribution in [0, 0.1) is 6.92 Å². The van der Waals surface area contributed by atoms with Gasteiger partial charge in [-0.2, -0.15) is 0 Å². The van der Waals surface area contributed by atoms with Crippen molar-refractivity contribution >= 4 is 11.6 Å². The maximum atomic E-state index is 6.27. The summed E-state index contributed by atoms with van der Waals surface area (Å²) in [6, 6.07) is 9.59. The van der Waals surface area contributed by atoms with E-state index in [1.807, 2.05) is 37.3 Å². The molecule has 1 aromatic carbocycles. The van der Waals surface area contributed by atoms with E-state index in [1.54, 1.807) is 6.20 Å². The molecule has 0 aliphatic rings. The van der Waals surface area contributed by atoms with Gasteiger partial charge in [0, 0.05) is 12.7 Å². The summed E-state index contributed by atoms with van der Waals surface area (Å²) in [7, 11) is 0. The van der Waals surface area contributed by atoms with Gasteiger partial charge in [-0.1, -0.05) is 24.6 Å². The first-order valence-electron chi connectivity index (χ1n) is 6.79. The number of benzene rings is 1. The Morgan fingerprint density at radius 1 is 1.25 bits per heavy atom. The van der Waals surface area contributed by atoms with Gasteiger partial charge in [0.25, 0.3) is 0 Å². The molecular formula is C16H19ClN2O. The molecule has 4 heteroatoms. The first kappa shape index (κ1) is 14.8. The average Bonchev–Trinajstić information content (AvgIpc) is 2.44. The maximum absolute atomic E-state index is 6.27. The van der Waals surface area contributed by atoms with Gasteiger partial charge in [-0.25, -0.2) is 0 Å². The Morgan fingerprint density at radius 3 is 2.80 bits per heavy atom. The maximum Gasteiger partial charge on any atom is 0.148 e. The number of aromatic nitrogens is 1. The van der Waals surface area contributed by atoms with Crippen molar-refractivity contribution in [3.05, 3.63) is 52.8 Å². The van der Waals surface area contributed by atoms with Gasteiger partial charge in [0.15, 0.2) is 0 Å². The van der Waals surface area contributed by atoms with Crippen LogP contribution in [0.5, 0.6) is 11.5 Å². The molecule has 3 nitrogen and oxygen atoms in total. The fraction of sp³-hybridized carbons (Fsp3) is 0.312. The van der Waals surface area contributed by atoms with Crippen LogP contribution < -0.4 is 10.1 Å². The zero-order valence-corrected chi connectivity index (χ0v) is 12.6. The van der Waals surface area contributed by atoms with Crippen molar-refractivity contribution in [2.75, 3.05) is 6.54 Å². The van der Waals surface area contributed by atoms with Gasteiger partial charge < -0.3 is 10.1 Å². The van der Waals surface area contributed by atoms with Gasteiger partial charge in [-0.05, 0) is 49.7 Å². The van der Waals surface area contributed by atoms with E-state index in [0.29, 0.717) is 10.8 Å². The molecule has 2 rings (SSSR count). The molecule has 0 saturated carbocycles. The number of hydrogen-bond acceptors (Lipinski definition) is 3. The van der Waals surface area contributed by atoms with Gasteiger partial charge in [0.2, 0.25) is 0 Å². The Morgan fingerprint density at radius 2 is 2.10 bits per heavy atom. The quantitative estimate of drug-likeness (QED) is 0.804. The highest BCUT2D eigenvalue weighted by Gasteiger charge is 2.06. The number of pyridine rings is 1. The lowest BCUT2D eigenvalue weighted by Gasteiger charge is -2.11. The largest absolute Gasteiger partial charge is 0.454 e. The molecule has 1 heterocycles. The molecule has 0 atom stereocenters. The van der Waals surface area contributed by atoms with E-state index >= 15 is 0 Å². The molecule has 0 saturated heterocycles. The molecule has 106 valence electrons. The molecule has 1 aromatic heterocycles. The fourth-order valence-corrected chi connectivity index (χ4v) is 2.08. The zero-order chi connectivity index (χ0) is 14.4. The van der Waals surface area contributed by atoms with Gasteiger partial charge in [-0.15, -0.1) is 0 Å². The summed E-state index contributed by atoms with van der Waals surface area (Å²) in [4.78, 5) is 4.19. The summed E-state index contributed by atoms with van der Waals surface area (Å²) in [6.45, 7) is 5.88. The minimum Gasteiger partial charge on any atom is -0.454 e. The van der Waals surface area contributed by atoms with Crippen LogP contribution >= 0.6 is 11.6 Å². The van der Waals surface area contributed by atoms with Crippen LogP contribution in [0.3, 0.4) is 0 Å². The van der Waals surface area contributed by atoms with Crippen LogP contribution in [0.1, 0.15) is 24.6 Å². The van der Waals surface area contributed by atoms with E-state index in [9.17, 15) is 0 Å². The van der Waals surface area contributed by atoms with E-state index < -0.39 is 0 Å². The number of nitrogens with one attached hydrogen (secondary N) is 1. The van der Waals surface area contributed by atoms with Crippen LogP contribution in [-0.4, -0.2) is 11.5 Å². The molecule has 0 aliphatic carbocycles. The normalized spacial score (nSPS) is 10.6. The van der Waals surface area contributed by atoms with Crippen LogP contribution in [0.15, 0.2) is 36.5 Å². The first-order valence-corrected chi connectivity index (χ1v) is 7.17. The molecule has 2 aromatic rings. The topological polar surface area (TPSA) is 34.1 Å². The second kappa shape index (κ2) is 7.27. The van der Waals surface area contributed by atoms with Crippen molar-refractivity contribution in [1.82, 2.24) is 10.3 Å². The molecule has 0 spiro atoms. The highest BCUT2D eigenvalue weighted by molar-refractivity contribution is 6.32. The second-order valence-corrected chi connectivity index (χ2v) is 5.04. The lowest BCUT2D eigenvalue weighted by molar-refractivity contribution is 0.475. The summed E-state index contributed by atoms with van der Waals surface area (Å²) in [5.74, 6) is 1.38. The molecule has 0 unspecified atom stereocenters. The van der Waals surface area contributed by atoms with Crippen molar-refractivity contribution < 1.29 is 4.74 Å². The molecule has 0 radical (unpaired) electrons. The van der Waals surface area contributed by atoms with Crippen LogP contribution in [0.4, 0.5) is 0 Å². The van der Waals surface area contributed by atoms with Crippen molar-refractivity contribution in [3.63, 3.8) is 0 Å². The second-order valence-electron chi connectivity index (χ2n) is 4.63. The van der Waals surface area contributed by atoms with Crippen molar-refractivity contribution in [2.24, 2.45) is 0 Å². The summed E-state index contributed by atoms with van der Waals surface area (Å²) in [5, 5.41) is 3.96. The summed E-state index contributed by atoms with van der Waals surface area (Å²) in [5.41, 5.74) is 2.00. The highest BCUT2D eigenvalue weighted by Crippen LogP contribution is 2.31. The first-order chi connectivity index (χ1) is 9.70.